The first-order valence-electron chi connectivity index (χ1n) is 43.8. The number of ether oxygens (including phenoxy) is 16. The van der Waals surface area contributed by atoms with E-state index in [0.29, 0.717) is 0 Å². The Labute approximate surface area is 814 Å². The van der Waals surface area contributed by atoms with E-state index in [-0.39, 0.29) is 46.0 Å². The Morgan fingerprint density at radius 2 is 0.257 bits per heavy atom. The lowest BCUT2D eigenvalue weighted by atomic mass is 9.95. The Kier molecular flexibility index (Phi) is 46.5. The molecule has 30 aliphatic rings. The van der Waals surface area contributed by atoms with Crippen molar-refractivity contribution in [3.8, 4) is 0 Å². The summed E-state index contributed by atoms with van der Waals surface area (Å²) in [6, 6.07) is 0. The summed E-state index contributed by atoms with van der Waals surface area (Å²) in [4.78, 5) is 97.6. The number of aliphatic hydroxyl groups excluding tert-OH is 16. The van der Waals surface area contributed by atoms with E-state index in [2.05, 4.69) is 0 Å². The molecule has 0 radical (unpaired) electrons. The van der Waals surface area contributed by atoms with E-state index in [1.54, 1.807) is 0 Å². The molecule has 32 unspecified atom stereocenters. The first-order chi connectivity index (χ1) is 64.0. The van der Waals surface area contributed by atoms with Crippen molar-refractivity contribution in [3.63, 3.8) is 0 Å². The van der Waals surface area contributed by atoms with Gasteiger partial charge in [0.2, 0.25) is 0 Å². The Hall–Kier alpha value is -2.72. The highest BCUT2D eigenvalue weighted by Crippen LogP contribution is 2.44. The molecule has 30 heterocycles. The predicted octanol–water partition coefficient (Wildman–Crippen LogP) is -5.71. The van der Waals surface area contributed by atoms with Gasteiger partial charge >= 0.3 is 47.8 Å². The third kappa shape index (κ3) is 30.7. The lowest BCUT2D eigenvalue weighted by molar-refractivity contribution is -0.396. The van der Waals surface area contributed by atoms with Gasteiger partial charge in [-0.05, 0) is 0 Å². The zero-order valence-electron chi connectivity index (χ0n) is 74.8. The topological polar surface area (TPSA) is 770 Å². The van der Waals surface area contributed by atoms with Crippen molar-refractivity contribution >= 4 is 142 Å². The lowest BCUT2D eigenvalue weighted by Crippen LogP contribution is -2.69. The summed E-state index contributed by atoms with van der Waals surface area (Å²) in [5.74, 6) is -23.2. The molecule has 0 aromatic carbocycles. The summed E-state index contributed by atoms with van der Waals surface area (Å²) in [6.07, 6.45) is -83.1. The summed E-state index contributed by atoms with van der Waals surface area (Å²) < 4.78 is 102. The maximum Gasteiger partial charge on any atom is 0.307 e. The average molecular weight is 2110 g/mol. The van der Waals surface area contributed by atoms with Gasteiger partial charge in [-0.25, -0.2) is 0 Å². The van der Waals surface area contributed by atoms with Crippen LogP contribution in [0.4, 0.5) is 0 Å². The standard InChI is InChI=1S/C80H128O48S8/c1-25(65(97)98)9-129-17-33-57-41(81)49(89)73(113-33)122-58-34(18-130-10-26(2)66(99)100)115-75(51(91)43(58)83)124-60-36(20-132-12-28(4)68(103)104)117-77(53(93)45(60)85)126-62-38(22-134-14-30(6)70(107)108)119-79(55(95)47(62)87)128-64-40(24-136-16-32(8)72(111)112)120-80(56(96)48(64)88)127-63-39(23-135-15-31(7)71(109)110)118-78(54(94)46(63)86)125-61-37(21-133-13-29(5)69(105)106)116-76(52(92)44(61)84)123-59-35(19-131-11-27(3)67(101)102)114-74(121-57)50(90)42(59)82/h25-64,73-96H,9-24H2,1-8H3,(H,97,98)(H,99,100)(H,101,102)(H,103,104)(H,105,106)(H,107,108)(H,109,110)(H,111,112)/t25?,26?,27?,28?,29?,30?,31?,32?,33?,34?,35?,36?,37?,38?,39?,40?,41?,42?,43?,44?,45?,46?,47?,48?,49?,50?,51?,52?,53?,54?,55?,56?,57-,58-,59-,60-,61-,62-,63-,64-,73-,74-,75-,76-,77-,78-,79-,80-/m1/s1. The maximum atomic E-state index is 12.4. The van der Waals surface area contributed by atoms with Crippen LogP contribution in [0.2, 0.25) is 0 Å². The van der Waals surface area contributed by atoms with Crippen molar-refractivity contribution in [2.24, 2.45) is 47.3 Å². The van der Waals surface area contributed by atoms with E-state index >= 15 is 0 Å². The van der Waals surface area contributed by atoms with Gasteiger partial charge in [-0.2, -0.15) is 94.1 Å². The quantitative estimate of drug-likeness (QED) is 0.0272. The molecule has 0 aromatic heterocycles. The second-order valence-corrected chi connectivity index (χ2v) is 43.8. The Bertz CT molecular complexity index is 3080. The van der Waals surface area contributed by atoms with Gasteiger partial charge in [0.1, 0.15) is 146 Å². The molecule has 30 fully saturated rings. The molecule has 48 nitrogen and oxygen atoms in total. The second kappa shape index (κ2) is 54.1. The van der Waals surface area contributed by atoms with Crippen LogP contribution in [0.25, 0.3) is 0 Å². The van der Waals surface area contributed by atoms with Crippen LogP contribution in [0, 0.1) is 47.3 Å². The smallest absolute Gasteiger partial charge is 0.307 e. The molecular weight excluding hydrogens is 1990 g/mol. The molecule has 0 spiro atoms. The molecule has 24 N–H and O–H groups in total. The minimum atomic E-state index is -2.35. The van der Waals surface area contributed by atoms with Crippen LogP contribution in [-0.2, 0) is 114 Å². The minimum Gasteiger partial charge on any atom is -0.481 e. The van der Waals surface area contributed by atoms with E-state index in [0.717, 1.165) is 94.1 Å². The molecular formula is C80H128O48S8. The first kappa shape index (κ1) is 117. The highest BCUT2D eigenvalue weighted by Gasteiger charge is 2.61. The molecule has 48 atom stereocenters. The minimum absolute atomic E-state index is 0.179. The molecule has 56 heteroatoms. The van der Waals surface area contributed by atoms with Crippen molar-refractivity contribution in [1.82, 2.24) is 0 Å². The number of aliphatic hydroxyl groups is 16. The van der Waals surface area contributed by atoms with Crippen LogP contribution >= 0.6 is 94.1 Å². The number of carbonyl (C=O) groups is 8. The number of carboxylic acid groups (broad SMARTS) is 8. The fourth-order valence-corrected chi connectivity index (χ4v) is 24.3. The molecule has 784 valence electrons. The third-order valence-corrected chi connectivity index (χ3v) is 34.4. The number of thioether (sulfide) groups is 8. The fourth-order valence-electron chi connectivity index (χ4n) is 15.3. The summed E-state index contributed by atoms with van der Waals surface area (Å²) in [5.41, 5.74) is 0. The van der Waals surface area contributed by atoms with E-state index in [1.807, 2.05) is 0 Å². The average Bonchev–Trinajstić information content (AvgIpc) is 0.768. The molecule has 136 heavy (non-hydrogen) atoms. The Morgan fingerprint density at radius 3 is 0.338 bits per heavy atom. The number of carboxylic acids is 8. The zero-order chi connectivity index (χ0) is 101. The summed E-state index contributed by atoms with van der Waals surface area (Å²) in [5, 5.41) is 277. The third-order valence-electron chi connectivity index (χ3n) is 24.0. The molecule has 30 saturated heterocycles. The van der Waals surface area contributed by atoms with Crippen LogP contribution < -0.4 is 0 Å². The molecule has 0 aliphatic carbocycles. The largest absolute Gasteiger partial charge is 0.481 e. The van der Waals surface area contributed by atoms with Gasteiger partial charge < -0.3 is 198 Å². The number of rotatable bonds is 40. The number of hydrogen-bond acceptors (Lipinski definition) is 48. The van der Waals surface area contributed by atoms with Crippen LogP contribution in [-0.4, -0.2) is 508 Å². The Morgan fingerprint density at radius 1 is 0.169 bits per heavy atom. The molecule has 30 rings (SSSR count). The van der Waals surface area contributed by atoms with Crippen LogP contribution in [0.3, 0.4) is 0 Å². The SMILES string of the molecule is CC(CSCC1O[C@@H]2O[C@@H]3C(CSCC(C)C(=O)O)O[C@H](O[C@@H]4C(CSCC(C)C(=O)O)O[C@H](O[C@@H]5C(CSCC(C)C(=O)O)O[C@H](O[C@@H]6C(CSCC(C)C(=O)O)O[C@H](O[C@@H]7C(CSCC(C)C(=O)O)O[C@H](O[C@@H]8C(CSCC(C)C(=O)O)O[C@H](O[C@@H]9C(CSCC(C)C(=O)O)O[C@H](O[C@H]1C(O)C2O)C(O)C9O)C(O)C8O)C(O)C7O)C(O)C6O)C(O)C5O)C(O)C4O)C(O)C3O)C(=O)O. The first-order valence-corrected chi connectivity index (χ1v) is 53.1. The van der Waals surface area contributed by atoms with Gasteiger partial charge in [-0.3, -0.25) is 38.4 Å². The molecule has 0 aromatic rings. The van der Waals surface area contributed by atoms with Crippen molar-refractivity contribution < 1.29 is 237 Å². The number of aliphatic carboxylic acids is 8. The normalized spacial score (nSPS) is 41.7. The van der Waals surface area contributed by atoms with Crippen LogP contribution in [0.1, 0.15) is 55.4 Å². The monoisotopic (exact) mass is 2110 g/mol. The highest BCUT2D eigenvalue weighted by atomic mass is 32.2. The summed E-state index contributed by atoms with van der Waals surface area (Å²) in [7, 11) is 0. The van der Waals surface area contributed by atoms with E-state index in [4.69, 9.17) is 75.8 Å². The van der Waals surface area contributed by atoms with Crippen molar-refractivity contribution in [1.29, 1.82) is 0 Å². The van der Waals surface area contributed by atoms with Gasteiger partial charge in [0.05, 0.1) is 96.2 Å². The predicted molar refractivity (Wildman–Crippen MR) is 477 cm³/mol. The molecule has 0 amide bonds. The van der Waals surface area contributed by atoms with Gasteiger partial charge in [-0.1, -0.05) is 55.4 Å². The van der Waals surface area contributed by atoms with Gasteiger partial charge in [0, 0.05) is 92.0 Å². The van der Waals surface area contributed by atoms with Crippen molar-refractivity contribution in [3.05, 3.63) is 0 Å². The summed E-state index contributed by atoms with van der Waals surface area (Å²) in [6.45, 7) is 10.8. The molecule has 30 aliphatic heterocycles. The van der Waals surface area contributed by atoms with Crippen molar-refractivity contribution in [2.75, 3.05) is 92.0 Å². The molecule has 0 saturated carbocycles. The lowest BCUT2D eigenvalue weighted by Gasteiger charge is -2.51. The van der Waals surface area contributed by atoms with E-state index in [9.17, 15) is 161 Å². The van der Waals surface area contributed by atoms with E-state index < -0.39 is 387 Å². The highest BCUT2D eigenvalue weighted by molar-refractivity contribution is 8.00. The maximum absolute atomic E-state index is 12.4. The van der Waals surface area contributed by atoms with E-state index in [1.165, 1.54) is 55.4 Å². The van der Waals surface area contributed by atoms with Crippen LogP contribution in [0.5, 0.6) is 0 Å². The van der Waals surface area contributed by atoms with Gasteiger partial charge in [-0.15, -0.1) is 0 Å². The van der Waals surface area contributed by atoms with Gasteiger partial charge in [0.25, 0.3) is 0 Å². The number of hydrogen-bond donors (Lipinski definition) is 24. The zero-order valence-corrected chi connectivity index (χ0v) is 81.4. The fraction of sp³-hybridized carbons (Fsp3) is 0.900. The summed E-state index contributed by atoms with van der Waals surface area (Å²) >= 11 is 7.10. The van der Waals surface area contributed by atoms with Crippen molar-refractivity contribution in [2.45, 2.75) is 301 Å². The van der Waals surface area contributed by atoms with Gasteiger partial charge in [0.15, 0.2) is 50.3 Å². The Balaban J connectivity index is 1.15. The molecule has 16 bridgehead atoms. The second-order valence-electron chi connectivity index (χ2n) is 35.2. The van der Waals surface area contributed by atoms with Crippen LogP contribution in [0.15, 0.2) is 0 Å².